The summed E-state index contributed by atoms with van der Waals surface area (Å²) >= 11 is 1.71. The summed E-state index contributed by atoms with van der Waals surface area (Å²) in [4.78, 5) is 1.23. The molecule has 0 aliphatic heterocycles. The van der Waals surface area contributed by atoms with E-state index in [-0.39, 0.29) is 5.82 Å². The van der Waals surface area contributed by atoms with Gasteiger partial charge in [-0.1, -0.05) is 12.1 Å². The first-order valence-corrected chi connectivity index (χ1v) is 6.08. The van der Waals surface area contributed by atoms with Crippen LogP contribution in [-0.4, -0.2) is 7.05 Å². The highest BCUT2D eigenvalue weighted by Crippen LogP contribution is 2.32. The minimum absolute atomic E-state index is 0.187. The van der Waals surface area contributed by atoms with Gasteiger partial charge in [0.15, 0.2) is 0 Å². The molecular formula is C13H14FNS. The van der Waals surface area contributed by atoms with E-state index in [4.69, 9.17) is 0 Å². The molecule has 2 rings (SSSR count). The van der Waals surface area contributed by atoms with Crippen LogP contribution in [0.15, 0.2) is 29.6 Å². The van der Waals surface area contributed by atoms with Gasteiger partial charge >= 0.3 is 0 Å². The average Bonchev–Trinajstić information content (AvgIpc) is 2.63. The smallest absolute Gasteiger partial charge is 0.123 e. The number of thiophene rings is 1. The molecule has 1 heterocycles. The van der Waals surface area contributed by atoms with Gasteiger partial charge < -0.3 is 5.32 Å². The van der Waals surface area contributed by atoms with Gasteiger partial charge in [-0.15, -0.1) is 11.3 Å². The summed E-state index contributed by atoms with van der Waals surface area (Å²) in [5.41, 5.74) is 3.68. The van der Waals surface area contributed by atoms with Crippen molar-refractivity contribution in [2.24, 2.45) is 0 Å². The predicted octanol–water partition coefficient (Wildman–Crippen LogP) is 3.58. The van der Waals surface area contributed by atoms with Gasteiger partial charge in [-0.25, -0.2) is 4.39 Å². The van der Waals surface area contributed by atoms with Crippen LogP contribution in [0.4, 0.5) is 4.39 Å². The number of nitrogens with one attached hydrogen (secondary N) is 1. The van der Waals surface area contributed by atoms with Crippen LogP contribution in [0.2, 0.25) is 0 Å². The molecule has 3 heteroatoms. The summed E-state index contributed by atoms with van der Waals surface area (Å²) in [6, 6.07) is 6.67. The fourth-order valence-electron chi connectivity index (χ4n) is 1.70. The Kier molecular flexibility index (Phi) is 3.36. The first-order valence-electron chi connectivity index (χ1n) is 5.20. The normalized spacial score (nSPS) is 10.7. The van der Waals surface area contributed by atoms with Crippen molar-refractivity contribution in [2.75, 3.05) is 7.05 Å². The molecule has 0 aliphatic carbocycles. The van der Waals surface area contributed by atoms with E-state index in [2.05, 4.69) is 17.6 Å². The highest BCUT2D eigenvalue weighted by molar-refractivity contribution is 7.14. The molecule has 0 saturated heterocycles. The third-order valence-corrected chi connectivity index (χ3v) is 3.79. The summed E-state index contributed by atoms with van der Waals surface area (Å²) in [5, 5.41) is 5.30. The minimum atomic E-state index is -0.187. The fourth-order valence-corrected chi connectivity index (χ4v) is 2.80. The van der Waals surface area contributed by atoms with Gasteiger partial charge in [-0.05, 0) is 48.2 Å². The van der Waals surface area contributed by atoms with Gasteiger partial charge in [0.25, 0.3) is 0 Å². The van der Waals surface area contributed by atoms with Crippen molar-refractivity contribution in [2.45, 2.75) is 13.5 Å². The summed E-state index contributed by atoms with van der Waals surface area (Å²) in [6.07, 6.45) is 0. The van der Waals surface area contributed by atoms with Crippen molar-refractivity contribution >= 4 is 11.3 Å². The van der Waals surface area contributed by atoms with E-state index in [0.717, 1.165) is 12.1 Å². The number of rotatable bonds is 3. The van der Waals surface area contributed by atoms with Crippen LogP contribution >= 0.6 is 11.3 Å². The Bertz CT molecular complexity index is 473. The summed E-state index contributed by atoms with van der Waals surface area (Å²) in [5.74, 6) is -0.187. The molecule has 0 bridgehead atoms. The van der Waals surface area contributed by atoms with Crippen LogP contribution in [-0.2, 0) is 6.54 Å². The lowest BCUT2D eigenvalue weighted by atomic mass is 10.1. The van der Waals surface area contributed by atoms with Crippen molar-refractivity contribution < 1.29 is 4.39 Å². The van der Waals surface area contributed by atoms with Crippen molar-refractivity contribution in [1.82, 2.24) is 5.32 Å². The first kappa shape index (κ1) is 11.3. The van der Waals surface area contributed by atoms with Gasteiger partial charge in [-0.3, -0.25) is 0 Å². The van der Waals surface area contributed by atoms with Gasteiger partial charge in [0.05, 0.1) is 0 Å². The van der Waals surface area contributed by atoms with E-state index in [1.165, 1.54) is 28.1 Å². The molecule has 1 aromatic carbocycles. The number of halogens is 1. The highest BCUT2D eigenvalue weighted by Gasteiger charge is 2.08. The molecule has 0 radical (unpaired) electrons. The van der Waals surface area contributed by atoms with Crippen LogP contribution < -0.4 is 5.32 Å². The molecule has 0 saturated carbocycles. The molecular weight excluding hydrogens is 221 g/mol. The zero-order valence-corrected chi connectivity index (χ0v) is 10.2. The number of benzene rings is 1. The fraction of sp³-hybridized carbons (Fsp3) is 0.231. The second-order valence-corrected chi connectivity index (χ2v) is 4.63. The Morgan fingerprint density at radius 1 is 1.25 bits per heavy atom. The molecule has 0 atom stereocenters. The topological polar surface area (TPSA) is 12.0 Å². The van der Waals surface area contributed by atoms with E-state index in [1.54, 1.807) is 11.3 Å². The van der Waals surface area contributed by atoms with E-state index in [1.807, 2.05) is 19.2 Å². The minimum Gasteiger partial charge on any atom is -0.316 e. The van der Waals surface area contributed by atoms with Crippen molar-refractivity contribution in [1.29, 1.82) is 0 Å². The van der Waals surface area contributed by atoms with E-state index < -0.39 is 0 Å². The SMILES string of the molecule is CNCc1csc(-c2ccc(F)cc2)c1C. The van der Waals surface area contributed by atoms with Gasteiger partial charge in [0.2, 0.25) is 0 Å². The molecule has 84 valence electrons. The average molecular weight is 235 g/mol. The largest absolute Gasteiger partial charge is 0.316 e. The summed E-state index contributed by atoms with van der Waals surface area (Å²) in [6.45, 7) is 2.99. The third kappa shape index (κ3) is 2.15. The van der Waals surface area contributed by atoms with Crippen LogP contribution in [0.5, 0.6) is 0 Å². The summed E-state index contributed by atoms with van der Waals surface area (Å²) < 4.78 is 12.8. The molecule has 0 amide bonds. The standard InChI is InChI=1S/C13H14FNS/c1-9-11(7-15-2)8-16-13(9)10-3-5-12(14)6-4-10/h3-6,8,15H,7H2,1-2H3. The van der Waals surface area contributed by atoms with E-state index in [0.29, 0.717) is 0 Å². The Labute approximate surface area is 98.9 Å². The zero-order chi connectivity index (χ0) is 11.5. The highest BCUT2D eigenvalue weighted by atomic mass is 32.1. The van der Waals surface area contributed by atoms with Gasteiger partial charge in [0.1, 0.15) is 5.82 Å². The molecule has 1 aromatic heterocycles. The molecule has 16 heavy (non-hydrogen) atoms. The predicted molar refractivity (Wildman–Crippen MR) is 67.2 cm³/mol. The number of hydrogen-bond acceptors (Lipinski definition) is 2. The molecule has 0 spiro atoms. The second kappa shape index (κ2) is 4.76. The lowest BCUT2D eigenvalue weighted by Crippen LogP contribution is -2.04. The monoisotopic (exact) mass is 235 g/mol. The maximum absolute atomic E-state index is 12.8. The lowest BCUT2D eigenvalue weighted by Gasteiger charge is -2.02. The van der Waals surface area contributed by atoms with Crippen molar-refractivity contribution in [3.8, 4) is 10.4 Å². The third-order valence-electron chi connectivity index (χ3n) is 2.61. The Morgan fingerprint density at radius 2 is 1.94 bits per heavy atom. The van der Waals surface area contributed by atoms with Crippen LogP contribution in [0, 0.1) is 12.7 Å². The van der Waals surface area contributed by atoms with E-state index in [9.17, 15) is 4.39 Å². The second-order valence-electron chi connectivity index (χ2n) is 3.75. The quantitative estimate of drug-likeness (QED) is 0.857. The van der Waals surface area contributed by atoms with Crippen molar-refractivity contribution in [3.63, 3.8) is 0 Å². The van der Waals surface area contributed by atoms with Crippen LogP contribution in [0.3, 0.4) is 0 Å². The molecule has 2 aromatic rings. The molecule has 0 unspecified atom stereocenters. The Morgan fingerprint density at radius 3 is 2.56 bits per heavy atom. The van der Waals surface area contributed by atoms with Crippen molar-refractivity contribution in [3.05, 3.63) is 46.6 Å². The maximum atomic E-state index is 12.8. The van der Waals surface area contributed by atoms with E-state index >= 15 is 0 Å². The Hall–Kier alpha value is -1.19. The van der Waals surface area contributed by atoms with Crippen LogP contribution in [0.1, 0.15) is 11.1 Å². The van der Waals surface area contributed by atoms with Gasteiger partial charge in [-0.2, -0.15) is 0 Å². The number of hydrogen-bond donors (Lipinski definition) is 1. The maximum Gasteiger partial charge on any atom is 0.123 e. The van der Waals surface area contributed by atoms with Crippen LogP contribution in [0.25, 0.3) is 10.4 Å². The lowest BCUT2D eigenvalue weighted by molar-refractivity contribution is 0.628. The summed E-state index contributed by atoms with van der Waals surface area (Å²) in [7, 11) is 1.94. The Balaban J connectivity index is 2.37. The first-order chi connectivity index (χ1) is 7.72. The molecule has 1 nitrogen and oxygen atoms in total. The molecule has 0 aliphatic rings. The molecule has 1 N–H and O–H groups in total. The van der Waals surface area contributed by atoms with Gasteiger partial charge in [0, 0.05) is 11.4 Å². The zero-order valence-electron chi connectivity index (χ0n) is 9.38. The molecule has 0 fully saturated rings.